The molecule has 1 heterocycles. The molecular weight excluding hydrogens is 510 g/mol. The van der Waals surface area contributed by atoms with Crippen LogP contribution in [0.5, 0.6) is 0 Å². The predicted octanol–water partition coefficient (Wildman–Crippen LogP) is -0.0950. The highest BCUT2D eigenvalue weighted by Gasteiger charge is 2.37. The molecule has 3 atom stereocenters. The number of benzene rings is 1. The van der Waals surface area contributed by atoms with E-state index in [4.69, 9.17) is 0 Å². The van der Waals surface area contributed by atoms with Gasteiger partial charge in [-0.15, -0.1) is 0 Å². The maximum Gasteiger partial charge on any atom is 0.359 e. The molecule has 0 radical (unpaired) electrons. The Morgan fingerprint density at radius 1 is 0.846 bits per heavy atom. The van der Waals surface area contributed by atoms with Gasteiger partial charge in [-0.05, 0) is 17.7 Å². The highest BCUT2D eigenvalue weighted by atomic mass is 16.4. The van der Waals surface area contributed by atoms with Crippen molar-refractivity contribution in [1.82, 2.24) is 14.7 Å². The number of likely N-dealkylation sites (N-methyl/N-ethyl adjacent to an activating group) is 1. The Morgan fingerprint density at radius 3 is 1.85 bits per heavy atom. The third-order valence-corrected chi connectivity index (χ3v) is 7.36. The summed E-state index contributed by atoms with van der Waals surface area (Å²) in [7, 11) is 3.61. The normalized spacial score (nSPS) is 23.2. The maximum absolute atomic E-state index is 12.0. The van der Waals surface area contributed by atoms with Crippen molar-refractivity contribution < 1.29 is 44.1 Å². The number of aliphatic carboxylic acids is 4. The minimum atomic E-state index is -1.03. The number of anilines is 1. The zero-order valence-corrected chi connectivity index (χ0v) is 23.0. The highest BCUT2D eigenvalue weighted by Crippen LogP contribution is 2.27. The first-order valence-electron chi connectivity index (χ1n) is 13.0. The molecule has 0 amide bonds. The van der Waals surface area contributed by atoms with Crippen LogP contribution in [0.4, 0.5) is 5.69 Å². The van der Waals surface area contributed by atoms with Gasteiger partial charge >= 0.3 is 23.9 Å². The molecule has 218 valence electrons. The van der Waals surface area contributed by atoms with Gasteiger partial charge in [0.15, 0.2) is 6.54 Å². The van der Waals surface area contributed by atoms with Crippen molar-refractivity contribution in [3.8, 4) is 0 Å². The first-order chi connectivity index (χ1) is 18.3. The van der Waals surface area contributed by atoms with Crippen LogP contribution >= 0.6 is 0 Å². The Kier molecular flexibility index (Phi) is 12.1. The standard InChI is InChI=1S/C26H41N5O8/c1-19(20-4-6-21(27-2)7-5-20)22-17-31(3,18-26(38)39)13-12-29(15-24(34)35)9-8-28(14-23(32)33)10-11-30(22)16-25(36)37/h4-7,19,22,27H,8-18H2,1-3H3,(H3-,32,33,34,35,36,37,38,39)/p+1. The van der Waals surface area contributed by atoms with Gasteiger partial charge in [-0.1, -0.05) is 19.1 Å². The lowest BCUT2D eigenvalue weighted by atomic mass is 9.90. The lowest BCUT2D eigenvalue weighted by Gasteiger charge is -2.44. The van der Waals surface area contributed by atoms with Crippen LogP contribution in [0.25, 0.3) is 0 Å². The van der Waals surface area contributed by atoms with Crippen LogP contribution in [-0.4, -0.2) is 156 Å². The average molecular weight is 553 g/mol. The van der Waals surface area contributed by atoms with E-state index in [9.17, 15) is 39.6 Å². The van der Waals surface area contributed by atoms with Crippen molar-refractivity contribution in [2.45, 2.75) is 18.9 Å². The minimum absolute atomic E-state index is 0.0734. The molecule has 3 unspecified atom stereocenters. The maximum atomic E-state index is 12.0. The van der Waals surface area contributed by atoms with Crippen molar-refractivity contribution >= 4 is 29.6 Å². The molecule has 13 heteroatoms. The SMILES string of the molecule is CNc1ccc(C(C)C2C[N+](C)(CC(=O)O)CCN(CC(=O)O)CCN(CC(=O)O)CCN2CC(=O)O)cc1. The van der Waals surface area contributed by atoms with Crippen LogP contribution in [0.1, 0.15) is 18.4 Å². The lowest BCUT2D eigenvalue weighted by molar-refractivity contribution is -0.904. The van der Waals surface area contributed by atoms with Gasteiger partial charge in [-0.25, -0.2) is 4.79 Å². The zero-order chi connectivity index (χ0) is 29.2. The summed E-state index contributed by atoms with van der Waals surface area (Å²) in [6.45, 7) is 2.92. The van der Waals surface area contributed by atoms with Gasteiger partial charge in [0.2, 0.25) is 0 Å². The number of nitrogens with one attached hydrogen (secondary N) is 1. The summed E-state index contributed by atoms with van der Waals surface area (Å²) in [5.74, 6) is -4.28. The summed E-state index contributed by atoms with van der Waals surface area (Å²) >= 11 is 0. The Balaban J connectivity index is 2.54. The quantitative estimate of drug-likeness (QED) is 0.231. The smallest absolute Gasteiger partial charge is 0.359 e. The molecule has 39 heavy (non-hydrogen) atoms. The average Bonchev–Trinajstić information content (AvgIpc) is 2.84. The number of quaternary nitrogens is 1. The van der Waals surface area contributed by atoms with Gasteiger partial charge in [0.1, 0.15) is 0 Å². The molecule has 1 aliphatic rings. The Morgan fingerprint density at radius 2 is 1.36 bits per heavy atom. The topological polar surface area (TPSA) is 171 Å². The lowest BCUT2D eigenvalue weighted by Crippen LogP contribution is -2.60. The second kappa shape index (κ2) is 14.8. The van der Waals surface area contributed by atoms with E-state index in [2.05, 4.69) is 5.32 Å². The van der Waals surface area contributed by atoms with E-state index in [0.29, 0.717) is 13.1 Å². The van der Waals surface area contributed by atoms with E-state index in [1.165, 1.54) is 0 Å². The number of rotatable bonds is 11. The van der Waals surface area contributed by atoms with Gasteiger partial charge in [-0.3, -0.25) is 29.1 Å². The van der Waals surface area contributed by atoms with E-state index < -0.39 is 29.9 Å². The van der Waals surface area contributed by atoms with Crippen LogP contribution in [0.2, 0.25) is 0 Å². The largest absolute Gasteiger partial charge is 0.480 e. The molecule has 1 aromatic carbocycles. The first kappa shape index (κ1) is 32.0. The molecule has 1 fully saturated rings. The molecule has 0 spiro atoms. The number of hydrogen-bond donors (Lipinski definition) is 5. The monoisotopic (exact) mass is 552 g/mol. The molecule has 0 aliphatic carbocycles. The number of hydrogen-bond acceptors (Lipinski definition) is 8. The second-order valence-electron chi connectivity index (χ2n) is 10.5. The van der Waals surface area contributed by atoms with E-state index in [-0.39, 0.29) is 69.3 Å². The summed E-state index contributed by atoms with van der Waals surface area (Å²) in [5, 5.41) is 41.5. The molecule has 5 N–H and O–H groups in total. The van der Waals surface area contributed by atoms with Crippen molar-refractivity contribution in [1.29, 1.82) is 0 Å². The third kappa shape index (κ3) is 10.8. The Bertz CT molecular complexity index is 991. The van der Waals surface area contributed by atoms with Gasteiger partial charge < -0.3 is 30.2 Å². The van der Waals surface area contributed by atoms with E-state index >= 15 is 0 Å². The van der Waals surface area contributed by atoms with Crippen molar-refractivity contribution in [3.63, 3.8) is 0 Å². The molecule has 1 aromatic rings. The van der Waals surface area contributed by atoms with Crippen LogP contribution in [0.15, 0.2) is 24.3 Å². The van der Waals surface area contributed by atoms with Crippen LogP contribution in [-0.2, 0) is 19.2 Å². The summed E-state index contributed by atoms with van der Waals surface area (Å²) in [6, 6.07) is 7.36. The molecule has 0 bridgehead atoms. The minimum Gasteiger partial charge on any atom is -0.480 e. The van der Waals surface area contributed by atoms with Gasteiger partial charge in [0.25, 0.3) is 0 Å². The predicted molar refractivity (Wildman–Crippen MR) is 144 cm³/mol. The zero-order valence-electron chi connectivity index (χ0n) is 23.0. The molecule has 1 saturated heterocycles. The fraction of sp³-hybridized carbons (Fsp3) is 0.615. The van der Waals surface area contributed by atoms with E-state index in [0.717, 1.165) is 11.3 Å². The third-order valence-electron chi connectivity index (χ3n) is 7.36. The van der Waals surface area contributed by atoms with Crippen molar-refractivity contribution in [3.05, 3.63) is 29.8 Å². The molecule has 13 nitrogen and oxygen atoms in total. The number of nitrogens with zero attached hydrogens (tertiary/aromatic N) is 4. The highest BCUT2D eigenvalue weighted by molar-refractivity contribution is 5.70. The molecule has 0 saturated carbocycles. The van der Waals surface area contributed by atoms with Crippen LogP contribution in [0, 0.1) is 0 Å². The summed E-state index contributed by atoms with van der Waals surface area (Å²) in [4.78, 5) is 52.1. The van der Waals surface area contributed by atoms with Gasteiger partial charge in [0, 0.05) is 51.4 Å². The summed E-state index contributed by atoms with van der Waals surface area (Å²) < 4.78 is 0.0734. The summed E-state index contributed by atoms with van der Waals surface area (Å²) in [6.07, 6.45) is 0. The van der Waals surface area contributed by atoms with Crippen molar-refractivity contribution in [2.75, 3.05) is 91.4 Å². The molecule has 2 rings (SSSR count). The number of carboxylic acid groups (broad SMARTS) is 4. The molecular formula is C26H42N5O8+. The van der Waals surface area contributed by atoms with Crippen LogP contribution < -0.4 is 5.32 Å². The van der Waals surface area contributed by atoms with Crippen molar-refractivity contribution in [2.24, 2.45) is 0 Å². The molecule has 1 aliphatic heterocycles. The number of carbonyl (C=O) groups is 4. The Hall–Kier alpha value is -3.26. The number of carboxylic acids is 4. The fourth-order valence-corrected chi connectivity index (χ4v) is 5.17. The molecule has 0 aromatic heterocycles. The fourth-order valence-electron chi connectivity index (χ4n) is 5.17. The van der Waals surface area contributed by atoms with Crippen LogP contribution in [0.3, 0.4) is 0 Å². The van der Waals surface area contributed by atoms with Gasteiger partial charge in [-0.2, -0.15) is 0 Å². The van der Waals surface area contributed by atoms with Gasteiger partial charge in [0.05, 0.1) is 45.8 Å². The Labute approximate surface area is 228 Å². The van der Waals surface area contributed by atoms with E-state index in [1.54, 1.807) is 16.8 Å². The summed E-state index contributed by atoms with van der Waals surface area (Å²) in [5.41, 5.74) is 1.87. The van der Waals surface area contributed by atoms with E-state index in [1.807, 2.05) is 43.1 Å². The second-order valence-corrected chi connectivity index (χ2v) is 10.5. The first-order valence-corrected chi connectivity index (χ1v) is 13.0.